The van der Waals surface area contributed by atoms with Crippen LogP contribution in [0.25, 0.3) is 0 Å². The van der Waals surface area contributed by atoms with Crippen molar-refractivity contribution in [1.82, 2.24) is 0 Å². The molecule has 0 heterocycles. The van der Waals surface area contributed by atoms with Gasteiger partial charge in [0.05, 0.1) is 0 Å². The van der Waals surface area contributed by atoms with Crippen LogP contribution in [0.4, 0.5) is 0 Å². The topological polar surface area (TPSA) is 75.6 Å². The van der Waals surface area contributed by atoms with Crippen LogP contribution in [0.15, 0.2) is 168 Å². The van der Waals surface area contributed by atoms with Crippen molar-refractivity contribution in [3.63, 3.8) is 0 Å². The predicted octanol–water partition coefficient (Wildman–Crippen LogP) is 16.0. The summed E-state index contributed by atoms with van der Waals surface area (Å²) in [7, 11) is 0. The van der Waals surface area contributed by atoms with Crippen LogP contribution in [0.5, 0.6) is 74.7 Å². The Labute approximate surface area is 353 Å². The van der Waals surface area contributed by atoms with Crippen molar-refractivity contribution in [2.75, 3.05) is 0 Å². The molecule has 0 unspecified atom stereocenters. The maximum absolute atomic E-state index is 10.1. The SMILES string of the molecule is Oc1ccc(Oc2c(Oc3ccc(Br)cc3)c(Oc3ccc(Br)cc3)c(Oc3ccc(Br)cc3)c(Oc3ccc(Br)cc3)c2Oc2ccc(Br)cc2)cc1. The van der Waals surface area contributed by atoms with E-state index in [4.69, 9.17) is 28.4 Å². The zero-order valence-electron chi connectivity index (χ0n) is 27.6. The zero-order valence-corrected chi connectivity index (χ0v) is 35.6. The predicted molar refractivity (Wildman–Crippen MR) is 226 cm³/mol. The van der Waals surface area contributed by atoms with Gasteiger partial charge in [0, 0.05) is 22.4 Å². The lowest BCUT2D eigenvalue weighted by Gasteiger charge is -2.25. The summed E-state index contributed by atoms with van der Waals surface area (Å²) in [5, 5.41) is 10.1. The average Bonchev–Trinajstić information content (AvgIpc) is 3.17. The first-order valence-corrected chi connectivity index (χ1v) is 20.0. The highest BCUT2D eigenvalue weighted by molar-refractivity contribution is 9.11. The number of hydrogen-bond acceptors (Lipinski definition) is 7. The van der Waals surface area contributed by atoms with Crippen LogP contribution in [-0.4, -0.2) is 5.11 Å². The van der Waals surface area contributed by atoms with Crippen LogP contribution in [0.2, 0.25) is 0 Å². The van der Waals surface area contributed by atoms with Crippen LogP contribution in [0.3, 0.4) is 0 Å². The Balaban J connectivity index is 1.57. The fourth-order valence-corrected chi connectivity index (χ4v) is 6.23. The molecule has 0 atom stereocenters. The van der Waals surface area contributed by atoms with Crippen molar-refractivity contribution in [3.05, 3.63) is 168 Å². The molecular weight excluding hydrogens is 1020 g/mol. The van der Waals surface area contributed by atoms with Crippen LogP contribution < -0.4 is 28.4 Å². The summed E-state index contributed by atoms with van der Waals surface area (Å²) >= 11 is 17.6. The van der Waals surface area contributed by atoms with E-state index in [1.54, 1.807) is 60.7 Å². The number of phenols is 1. The van der Waals surface area contributed by atoms with Gasteiger partial charge in [-0.05, 0) is 146 Å². The number of rotatable bonds is 12. The molecule has 0 aliphatic carbocycles. The Bertz CT molecular complexity index is 1900. The van der Waals surface area contributed by atoms with E-state index < -0.39 is 0 Å². The van der Waals surface area contributed by atoms with E-state index in [1.807, 2.05) is 72.8 Å². The molecule has 270 valence electrons. The van der Waals surface area contributed by atoms with Gasteiger partial charge in [0.1, 0.15) is 40.2 Å². The minimum atomic E-state index is 0.0665. The third-order valence-corrected chi connectivity index (χ3v) is 10.1. The number of benzene rings is 7. The zero-order chi connectivity index (χ0) is 37.6. The molecule has 0 radical (unpaired) electrons. The van der Waals surface area contributed by atoms with Crippen LogP contribution >= 0.6 is 79.6 Å². The molecule has 0 aromatic heterocycles. The Morgan fingerprint density at radius 3 is 0.556 bits per heavy atom. The van der Waals surface area contributed by atoms with Crippen molar-refractivity contribution in [2.45, 2.75) is 0 Å². The molecule has 0 aliphatic rings. The normalized spacial score (nSPS) is 10.8. The summed E-state index contributed by atoms with van der Waals surface area (Å²) in [4.78, 5) is 0. The van der Waals surface area contributed by atoms with Crippen molar-refractivity contribution in [2.24, 2.45) is 0 Å². The third-order valence-electron chi connectivity index (χ3n) is 7.46. The van der Waals surface area contributed by atoms with Crippen LogP contribution in [0.1, 0.15) is 0 Å². The second-order valence-electron chi connectivity index (χ2n) is 11.4. The molecule has 54 heavy (non-hydrogen) atoms. The van der Waals surface area contributed by atoms with Gasteiger partial charge in [-0.2, -0.15) is 0 Å². The van der Waals surface area contributed by atoms with Crippen molar-refractivity contribution in [3.8, 4) is 74.7 Å². The van der Waals surface area contributed by atoms with Gasteiger partial charge in [0.25, 0.3) is 0 Å². The molecule has 7 aromatic rings. The van der Waals surface area contributed by atoms with E-state index in [1.165, 1.54) is 12.1 Å². The second-order valence-corrected chi connectivity index (χ2v) is 15.9. The lowest BCUT2D eigenvalue weighted by Crippen LogP contribution is -2.03. The molecular formula is C42H25Br5O7. The smallest absolute Gasteiger partial charge is 0.220 e. The maximum atomic E-state index is 10.1. The molecule has 0 fully saturated rings. The van der Waals surface area contributed by atoms with E-state index >= 15 is 0 Å². The molecule has 0 aliphatic heterocycles. The molecule has 7 rings (SSSR count). The standard InChI is InChI=1S/C42H25Br5O7/c43-25-1-13-31(14-2-25)49-37-38(50-32-15-3-26(44)4-16-32)40(52-34-19-7-28(46)8-20-34)42(54-36-23-11-30(48)12-24-36)41(53-35-21-9-29(47)10-22-35)39(37)51-33-17-5-27(45)6-18-33/h1-24,48H. The van der Waals surface area contributed by atoms with Crippen molar-refractivity contribution < 1.29 is 33.5 Å². The highest BCUT2D eigenvalue weighted by Crippen LogP contribution is 2.63. The van der Waals surface area contributed by atoms with Gasteiger partial charge in [-0.3, -0.25) is 0 Å². The monoisotopic (exact) mass is 1040 g/mol. The van der Waals surface area contributed by atoms with E-state index in [0.717, 1.165) is 22.4 Å². The summed E-state index contributed by atoms with van der Waals surface area (Å²) in [6.07, 6.45) is 0. The van der Waals surface area contributed by atoms with Gasteiger partial charge in [-0.1, -0.05) is 79.6 Å². The minimum Gasteiger partial charge on any atom is -0.508 e. The van der Waals surface area contributed by atoms with Crippen LogP contribution in [0, 0.1) is 0 Å². The summed E-state index contributed by atoms with van der Waals surface area (Å²) in [6, 6.07) is 42.9. The summed E-state index contributed by atoms with van der Waals surface area (Å²) < 4.78 is 44.7. The molecule has 0 amide bonds. The van der Waals surface area contributed by atoms with Gasteiger partial charge in [0.15, 0.2) is 0 Å². The summed E-state index contributed by atoms with van der Waals surface area (Å²) in [5.41, 5.74) is 0. The number of halogens is 5. The number of aromatic hydroxyl groups is 1. The van der Waals surface area contributed by atoms with Crippen LogP contribution in [-0.2, 0) is 0 Å². The number of hydrogen-bond donors (Lipinski definition) is 1. The van der Waals surface area contributed by atoms with Gasteiger partial charge in [-0.15, -0.1) is 0 Å². The highest BCUT2D eigenvalue weighted by Gasteiger charge is 2.35. The Morgan fingerprint density at radius 2 is 0.389 bits per heavy atom. The van der Waals surface area contributed by atoms with Crippen molar-refractivity contribution >= 4 is 79.6 Å². The summed E-state index contributed by atoms with van der Waals surface area (Å²) in [5.74, 6) is 3.41. The van der Waals surface area contributed by atoms with Crippen molar-refractivity contribution in [1.29, 1.82) is 0 Å². The lowest BCUT2D eigenvalue weighted by atomic mass is 10.2. The lowest BCUT2D eigenvalue weighted by molar-refractivity contribution is 0.326. The fraction of sp³-hybridized carbons (Fsp3) is 0. The van der Waals surface area contributed by atoms with Gasteiger partial charge in [0.2, 0.25) is 34.5 Å². The fourth-order valence-electron chi connectivity index (χ4n) is 4.91. The molecule has 0 saturated carbocycles. The molecule has 12 heteroatoms. The number of ether oxygens (including phenoxy) is 6. The molecule has 7 aromatic carbocycles. The molecule has 0 spiro atoms. The average molecular weight is 1040 g/mol. The quantitative estimate of drug-likeness (QED) is 0.131. The van der Waals surface area contributed by atoms with E-state index in [2.05, 4.69) is 79.6 Å². The minimum absolute atomic E-state index is 0.0665. The van der Waals surface area contributed by atoms with Gasteiger partial charge in [-0.25, -0.2) is 0 Å². The molecule has 1 N–H and O–H groups in total. The largest absolute Gasteiger partial charge is 0.508 e. The van der Waals surface area contributed by atoms with E-state index in [0.29, 0.717) is 34.5 Å². The molecule has 7 nitrogen and oxygen atoms in total. The summed E-state index contributed by atoms with van der Waals surface area (Å²) in [6.45, 7) is 0. The van der Waals surface area contributed by atoms with E-state index in [9.17, 15) is 5.11 Å². The molecule has 0 saturated heterocycles. The Hall–Kier alpha value is -4.46. The first-order valence-electron chi connectivity index (χ1n) is 16.0. The number of phenolic OH excluding ortho intramolecular Hbond substituents is 1. The first-order chi connectivity index (χ1) is 26.2. The van der Waals surface area contributed by atoms with Gasteiger partial charge < -0.3 is 33.5 Å². The Morgan fingerprint density at radius 1 is 0.241 bits per heavy atom. The van der Waals surface area contributed by atoms with E-state index in [-0.39, 0.29) is 40.2 Å². The third kappa shape index (κ3) is 9.60. The highest BCUT2D eigenvalue weighted by atomic mass is 79.9. The van der Waals surface area contributed by atoms with Gasteiger partial charge >= 0.3 is 0 Å². The first kappa shape index (κ1) is 37.8. The molecule has 0 bridgehead atoms. The maximum Gasteiger partial charge on any atom is 0.220 e. The second kappa shape index (κ2) is 17.3. The Kier molecular flexibility index (Phi) is 12.2.